The van der Waals surface area contributed by atoms with Crippen molar-refractivity contribution in [1.29, 1.82) is 0 Å². The van der Waals surface area contributed by atoms with Crippen molar-refractivity contribution in [3.8, 4) is 5.75 Å². The summed E-state index contributed by atoms with van der Waals surface area (Å²) in [7, 11) is 0. The molecular formula is C25H31ClN4O4. The summed E-state index contributed by atoms with van der Waals surface area (Å²) in [6.45, 7) is 6.06. The van der Waals surface area contributed by atoms with E-state index in [4.69, 9.17) is 16.3 Å². The van der Waals surface area contributed by atoms with Crippen LogP contribution in [0.5, 0.6) is 5.75 Å². The molecule has 1 aliphatic heterocycles. The van der Waals surface area contributed by atoms with Crippen molar-refractivity contribution in [3.05, 3.63) is 53.4 Å². The molecule has 34 heavy (non-hydrogen) atoms. The molecule has 2 amide bonds. The van der Waals surface area contributed by atoms with Crippen molar-refractivity contribution in [2.75, 3.05) is 11.9 Å². The maximum atomic E-state index is 13.3. The van der Waals surface area contributed by atoms with E-state index in [1.807, 2.05) is 0 Å². The second-order valence-corrected chi connectivity index (χ2v) is 10.4. The number of benzene rings is 1. The van der Waals surface area contributed by atoms with Gasteiger partial charge in [-0.25, -0.2) is 0 Å². The first-order valence-corrected chi connectivity index (χ1v) is 12.0. The van der Waals surface area contributed by atoms with Gasteiger partial charge in [0.2, 0.25) is 5.91 Å². The second-order valence-electron chi connectivity index (χ2n) is 10.0. The smallest absolute Gasteiger partial charge is 0.251 e. The number of halogens is 1. The number of aliphatic hydroxyl groups is 1. The Kier molecular flexibility index (Phi) is 7.00. The SMILES string of the molecule is CC1CC(CC(C(=O)Nc2ccn(CC(C)(C)O)n2)N2CC(Oc3ccccc3Cl)=CC2=O)C1. The number of hydrogen-bond acceptors (Lipinski definition) is 5. The Morgan fingerprint density at radius 2 is 2.06 bits per heavy atom. The lowest BCUT2D eigenvalue weighted by Crippen LogP contribution is -2.47. The highest BCUT2D eigenvalue weighted by Crippen LogP contribution is 2.38. The zero-order valence-electron chi connectivity index (χ0n) is 19.7. The average Bonchev–Trinajstić information content (AvgIpc) is 3.30. The first kappa shape index (κ1) is 24.3. The Hall–Kier alpha value is -2.84. The quantitative estimate of drug-likeness (QED) is 0.561. The molecule has 182 valence electrons. The zero-order valence-corrected chi connectivity index (χ0v) is 20.5. The first-order valence-electron chi connectivity index (χ1n) is 11.6. The summed E-state index contributed by atoms with van der Waals surface area (Å²) in [6, 6.07) is 8.10. The lowest BCUT2D eigenvalue weighted by molar-refractivity contribution is -0.134. The van der Waals surface area contributed by atoms with E-state index in [0.29, 0.717) is 47.2 Å². The van der Waals surface area contributed by atoms with Crippen LogP contribution in [0.25, 0.3) is 0 Å². The van der Waals surface area contributed by atoms with Gasteiger partial charge in [0.05, 0.1) is 23.7 Å². The molecule has 1 atom stereocenters. The fourth-order valence-corrected chi connectivity index (χ4v) is 4.76. The van der Waals surface area contributed by atoms with Gasteiger partial charge in [-0.05, 0) is 57.1 Å². The van der Waals surface area contributed by atoms with Crippen LogP contribution in [0.15, 0.2) is 48.4 Å². The number of nitrogens with one attached hydrogen (secondary N) is 1. The maximum absolute atomic E-state index is 13.3. The molecule has 1 fully saturated rings. The Morgan fingerprint density at radius 1 is 1.32 bits per heavy atom. The number of para-hydroxylation sites is 1. The van der Waals surface area contributed by atoms with Crippen LogP contribution < -0.4 is 10.1 Å². The highest BCUT2D eigenvalue weighted by atomic mass is 35.5. The number of amides is 2. The summed E-state index contributed by atoms with van der Waals surface area (Å²) >= 11 is 6.19. The summed E-state index contributed by atoms with van der Waals surface area (Å²) in [5.41, 5.74) is -0.928. The summed E-state index contributed by atoms with van der Waals surface area (Å²) in [4.78, 5) is 27.8. The average molecular weight is 487 g/mol. The number of anilines is 1. The number of rotatable bonds is 9. The standard InChI is InChI=1S/C25H31ClN4O4/c1-16-10-17(11-16)12-20(24(32)27-22-8-9-29(28-22)15-25(2,3)33)30-14-18(13-23(30)31)34-21-7-5-4-6-19(21)26/h4-9,13,16-17,20,33H,10-12,14-15H2,1-3H3,(H,27,28,32). The van der Waals surface area contributed by atoms with E-state index < -0.39 is 11.6 Å². The molecule has 0 radical (unpaired) electrons. The largest absolute Gasteiger partial charge is 0.458 e. The third-order valence-electron chi connectivity index (χ3n) is 6.12. The van der Waals surface area contributed by atoms with Crippen molar-refractivity contribution in [3.63, 3.8) is 0 Å². The summed E-state index contributed by atoms with van der Waals surface area (Å²) < 4.78 is 7.44. The van der Waals surface area contributed by atoms with E-state index in [9.17, 15) is 14.7 Å². The van der Waals surface area contributed by atoms with Crippen molar-refractivity contribution < 1.29 is 19.4 Å². The topological polar surface area (TPSA) is 96.7 Å². The summed E-state index contributed by atoms with van der Waals surface area (Å²) in [5, 5.41) is 17.7. The van der Waals surface area contributed by atoms with Gasteiger partial charge in [0.1, 0.15) is 17.6 Å². The fraction of sp³-hybridized carbons (Fsp3) is 0.480. The predicted molar refractivity (Wildman–Crippen MR) is 129 cm³/mol. The van der Waals surface area contributed by atoms with Gasteiger partial charge in [0.15, 0.2) is 5.82 Å². The lowest BCUT2D eigenvalue weighted by Gasteiger charge is -2.37. The summed E-state index contributed by atoms with van der Waals surface area (Å²) in [6.07, 6.45) is 5.80. The van der Waals surface area contributed by atoms with Crippen LogP contribution in [-0.2, 0) is 16.1 Å². The molecule has 1 aromatic carbocycles. The van der Waals surface area contributed by atoms with Crippen LogP contribution in [0, 0.1) is 11.8 Å². The van der Waals surface area contributed by atoms with E-state index in [0.717, 1.165) is 12.8 Å². The number of aromatic nitrogens is 2. The number of nitrogens with zero attached hydrogens (tertiary/aromatic N) is 3. The molecule has 8 nitrogen and oxygen atoms in total. The number of carbonyl (C=O) groups is 2. The van der Waals surface area contributed by atoms with Gasteiger partial charge in [-0.15, -0.1) is 0 Å². The van der Waals surface area contributed by atoms with E-state index in [-0.39, 0.29) is 18.4 Å². The highest BCUT2D eigenvalue weighted by Gasteiger charge is 2.38. The molecule has 2 aliphatic rings. The third-order valence-corrected chi connectivity index (χ3v) is 6.43. The van der Waals surface area contributed by atoms with Gasteiger partial charge in [0.25, 0.3) is 5.91 Å². The van der Waals surface area contributed by atoms with Crippen molar-refractivity contribution in [2.45, 2.75) is 58.2 Å². The molecule has 2 heterocycles. The Labute approximate surface area is 204 Å². The first-order chi connectivity index (χ1) is 16.1. The highest BCUT2D eigenvalue weighted by molar-refractivity contribution is 6.32. The van der Waals surface area contributed by atoms with E-state index in [2.05, 4.69) is 17.3 Å². The predicted octanol–water partition coefficient (Wildman–Crippen LogP) is 3.86. The van der Waals surface area contributed by atoms with E-state index >= 15 is 0 Å². The van der Waals surface area contributed by atoms with Crippen LogP contribution in [0.2, 0.25) is 5.02 Å². The Morgan fingerprint density at radius 3 is 2.74 bits per heavy atom. The molecule has 9 heteroatoms. The van der Waals surface area contributed by atoms with Gasteiger partial charge in [-0.1, -0.05) is 30.7 Å². The van der Waals surface area contributed by atoms with E-state index in [1.54, 1.807) is 60.0 Å². The van der Waals surface area contributed by atoms with Crippen LogP contribution in [-0.4, -0.2) is 49.8 Å². The zero-order chi connectivity index (χ0) is 24.5. The van der Waals surface area contributed by atoms with Crippen LogP contribution in [0.3, 0.4) is 0 Å². The van der Waals surface area contributed by atoms with Crippen molar-refractivity contribution in [2.24, 2.45) is 11.8 Å². The normalized spacial score (nSPS) is 21.1. The molecule has 2 N–H and O–H groups in total. The van der Waals surface area contributed by atoms with Gasteiger partial charge < -0.3 is 20.1 Å². The summed E-state index contributed by atoms with van der Waals surface area (Å²) in [5.74, 6) is 1.78. The van der Waals surface area contributed by atoms with E-state index in [1.165, 1.54) is 6.08 Å². The second kappa shape index (κ2) is 9.80. The van der Waals surface area contributed by atoms with Gasteiger partial charge >= 0.3 is 0 Å². The van der Waals surface area contributed by atoms with Gasteiger partial charge in [-0.2, -0.15) is 5.10 Å². The van der Waals surface area contributed by atoms with Crippen LogP contribution >= 0.6 is 11.6 Å². The molecule has 4 rings (SSSR count). The molecule has 1 aliphatic carbocycles. The minimum Gasteiger partial charge on any atom is -0.458 e. The third kappa shape index (κ3) is 5.98. The van der Waals surface area contributed by atoms with Crippen molar-refractivity contribution >= 4 is 29.2 Å². The molecule has 2 aromatic rings. The minimum atomic E-state index is -0.928. The maximum Gasteiger partial charge on any atom is 0.251 e. The van der Waals surface area contributed by atoms with Crippen molar-refractivity contribution in [1.82, 2.24) is 14.7 Å². The Balaban J connectivity index is 1.46. The molecule has 1 saturated carbocycles. The van der Waals surface area contributed by atoms with Crippen LogP contribution in [0.4, 0.5) is 5.82 Å². The minimum absolute atomic E-state index is 0.192. The Bertz CT molecular complexity index is 1080. The molecule has 1 unspecified atom stereocenters. The van der Waals surface area contributed by atoms with Gasteiger partial charge in [0, 0.05) is 18.3 Å². The number of ether oxygens (including phenoxy) is 1. The van der Waals surface area contributed by atoms with Gasteiger partial charge in [-0.3, -0.25) is 14.3 Å². The molecule has 0 saturated heterocycles. The number of carbonyl (C=O) groups excluding carboxylic acids is 2. The molecule has 0 spiro atoms. The molecular weight excluding hydrogens is 456 g/mol. The monoisotopic (exact) mass is 486 g/mol. The molecule has 1 aromatic heterocycles. The number of hydrogen-bond donors (Lipinski definition) is 2. The van der Waals surface area contributed by atoms with Crippen LogP contribution in [0.1, 0.15) is 40.0 Å². The fourth-order valence-electron chi connectivity index (χ4n) is 4.58. The molecule has 0 bridgehead atoms. The lowest BCUT2D eigenvalue weighted by atomic mass is 9.73.